The predicted molar refractivity (Wildman–Crippen MR) is 128 cm³/mol. The molecule has 0 bridgehead atoms. The number of carbonyl (C=O) groups excluding carboxylic acids is 1. The van der Waals surface area contributed by atoms with Crippen LogP contribution >= 0.6 is 11.6 Å². The number of hydrogen-bond donors (Lipinski definition) is 2. The van der Waals surface area contributed by atoms with Crippen LogP contribution in [0.3, 0.4) is 0 Å². The molecule has 32 heavy (non-hydrogen) atoms. The van der Waals surface area contributed by atoms with E-state index < -0.39 is 15.9 Å². The Morgan fingerprint density at radius 1 is 0.969 bits per heavy atom. The van der Waals surface area contributed by atoms with Gasteiger partial charge in [-0.15, -0.1) is 0 Å². The van der Waals surface area contributed by atoms with Crippen molar-refractivity contribution in [1.82, 2.24) is 0 Å². The molecule has 168 valence electrons. The lowest BCUT2D eigenvalue weighted by molar-refractivity contribution is 0.102. The molecular formula is C24H25ClN2O4S. The largest absolute Gasteiger partial charge is 0.491 e. The number of nitrogens with one attached hydrogen (secondary N) is 2. The van der Waals surface area contributed by atoms with Gasteiger partial charge in [-0.25, -0.2) is 8.42 Å². The average molecular weight is 473 g/mol. The summed E-state index contributed by atoms with van der Waals surface area (Å²) in [6.45, 7) is 7.59. The van der Waals surface area contributed by atoms with Crippen molar-refractivity contribution in [3.63, 3.8) is 0 Å². The Morgan fingerprint density at radius 2 is 1.66 bits per heavy atom. The average Bonchev–Trinajstić information content (AvgIpc) is 2.71. The van der Waals surface area contributed by atoms with E-state index in [1.165, 1.54) is 18.2 Å². The Morgan fingerprint density at radius 3 is 2.28 bits per heavy atom. The molecule has 8 heteroatoms. The molecule has 6 nitrogen and oxygen atoms in total. The lowest BCUT2D eigenvalue weighted by atomic mass is 10.1. The Hall–Kier alpha value is -3.03. The van der Waals surface area contributed by atoms with E-state index in [9.17, 15) is 13.2 Å². The summed E-state index contributed by atoms with van der Waals surface area (Å²) in [5.74, 6) is 0.234. The summed E-state index contributed by atoms with van der Waals surface area (Å²) < 4.78 is 34.1. The molecule has 0 aliphatic heterocycles. The van der Waals surface area contributed by atoms with Crippen molar-refractivity contribution in [2.45, 2.75) is 38.7 Å². The number of halogens is 1. The van der Waals surface area contributed by atoms with Gasteiger partial charge in [-0.2, -0.15) is 0 Å². The van der Waals surface area contributed by atoms with Crippen LogP contribution < -0.4 is 14.8 Å². The third-order valence-electron chi connectivity index (χ3n) is 4.59. The van der Waals surface area contributed by atoms with E-state index in [0.29, 0.717) is 17.1 Å². The minimum absolute atomic E-state index is 0.0222. The highest BCUT2D eigenvalue weighted by Crippen LogP contribution is 2.27. The lowest BCUT2D eigenvalue weighted by Gasteiger charge is -2.14. The summed E-state index contributed by atoms with van der Waals surface area (Å²) in [4.78, 5) is 12.5. The molecule has 1 amide bonds. The van der Waals surface area contributed by atoms with Gasteiger partial charge in [-0.3, -0.25) is 9.52 Å². The molecule has 0 aliphatic rings. The van der Waals surface area contributed by atoms with Gasteiger partial charge in [0.05, 0.1) is 16.8 Å². The van der Waals surface area contributed by atoms with Crippen molar-refractivity contribution in [3.05, 3.63) is 82.4 Å². The zero-order valence-electron chi connectivity index (χ0n) is 18.3. The van der Waals surface area contributed by atoms with Crippen LogP contribution in [0.25, 0.3) is 0 Å². The van der Waals surface area contributed by atoms with Gasteiger partial charge in [0.25, 0.3) is 15.9 Å². The van der Waals surface area contributed by atoms with Crippen molar-refractivity contribution >= 4 is 38.9 Å². The Bertz CT molecular complexity index is 1240. The zero-order valence-corrected chi connectivity index (χ0v) is 19.8. The number of aryl methyl sites for hydroxylation is 2. The quantitative estimate of drug-likeness (QED) is 0.455. The third-order valence-corrected chi connectivity index (χ3v) is 6.44. The molecule has 0 saturated heterocycles. The fourth-order valence-electron chi connectivity index (χ4n) is 3.07. The summed E-state index contributed by atoms with van der Waals surface area (Å²) in [5, 5.41) is 2.77. The number of rotatable bonds is 7. The number of carbonyl (C=O) groups is 1. The predicted octanol–water partition coefficient (Wildman–Crippen LogP) is 5.80. The second kappa shape index (κ2) is 9.63. The summed E-state index contributed by atoms with van der Waals surface area (Å²) in [6, 6.07) is 16.4. The molecule has 0 unspecified atom stereocenters. The minimum atomic E-state index is -4.00. The molecule has 0 heterocycles. The monoisotopic (exact) mass is 472 g/mol. The van der Waals surface area contributed by atoms with E-state index in [-0.39, 0.29) is 21.6 Å². The first-order valence-corrected chi connectivity index (χ1v) is 11.9. The molecule has 3 rings (SSSR count). The van der Waals surface area contributed by atoms with Crippen molar-refractivity contribution in [2.24, 2.45) is 0 Å². The number of hydrogen-bond acceptors (Lipinski definition) is 4. The lowest BCUT2D eigenvalue weighted by Crippen LogP contribution is -2.17. The van der Waals surface area contributed by atoms with E-state index in [1.54, 1.807) is 30.3 Å². The van der Waals surface area contributed by atoms with Gasteiger partial charge in [0, 0.05) is 11.3 Å². The van der Waals surface area contributed by atoms with Crippen molar-refractivity contribution in [1.29, 1.82) is 0 Å². The number of sulfonamides is 1. The second-order valence-electron chi connectivity index (χ2n) is 7.71. The fourth-order valence-corrected chi connectivity index (χ4v) is 4.73. The van der Waals surface area contributed by atoms with Crippen LogP contribution in [0.4, 0.5) is 11.4 Å². The van der Waals surface area contributed by atoms with Crippen LogP contribution in [0.5, 0.6) is 5.75 Å². The molecule has 0 aromatic heterocycles. The minimum Gasteiger partial charge on any atom is -0.491 e. The second-order valence-corrected chi connectivity index (χ2v) is 9.77. The summed E-state index contributed by atoms with van der Waals surface area (Å²) in [6.07, 6.45) is 0.0437. The van der Waals surface area contributed by atoms with Gasteiger partial charge in [-0.1, -0.05) is 29.3 Å². The summed E-state index contributed by atoms with van der Waals surface area (Å²) >= 11 is 6.17. The van der Waals surface area contributed by atoms with Gasteiger partial charge in [0.2, 0.25) is 0 Å². The molecular weight excluding hydrogens is 448 g/mol. The number of benzene rings is 3. The molecule has 0 aliphatic carbocycles. The Labute approximate surface area is 193 Å². The van der Waals surface area contributed by atoms with E-state index in [2.05, 4.69) is 10.0 Å². The van der Waals surface area contributed by atoms with Gasteiger partial charge in [0.1, 0.15) is 10.6 Å². The van der Waals surface area contributed by atoms with Crippen molar-refractivity contribution < 1.29 is 17.9 Å². The van der Waals surface area contributed by atoms with Crippen LogP contribution in [0, 0.1) is 13.8 Å². The van der Waals surface area contributed by atoms with Crippen LogP contribution in [0.1, 0.15) is 35.3 Å². The SMILES string of the molecule is Cc1ccc(NS(=O)(=O)c2cc(C(=O)Nc3ccc(OC(C)C)cc3)ccc2Cl)c(C)c1. The van der Waals surface area contributed by atoms with Crippen LogP contribution in [-0.2, 0) is 10.0 Å². The van der Waals surface area contributed by atoms with Crippen molar-refractivity contribution in [2.75, 3.05) is 10.0 Å². The molecule has 0 radical (unpaired) electrons. The standard InChI is InChI=1S/C24H25ClN2O4S/c1-15(2)31-20-9-7-19(8-10-20)26-24(28)18-6-11-21(25)23(14-18)32(29,30)27-22-12-5-16(3)13-17(22)4/h5-15,27H,1-4H3,(H,26,28). The molecule has 0 atom stereocenters. The smallest absolute Gasteiger partial charge is 0.263 e. The highest BCUT2D eigenvalue weighted by atomic mass is 35.5. The normalized spacial score (nSPS) is 11.3. The first-order chi connectivity index (χ1) is 15.0. The first kappa shape index (κ1) is 23.6. The van der Waals surface area contributed by atoms with E-state index in [0.717, 1.165) is 11.1 Å². The summed E-state index contributed by atoms with van der Waals surface area (Å²) in [7, 11) is -4.00. The first-order valence-electron chi connectivity index (χ1n) is 10.0. The molecule has 3 aromatic rings. The maximum atomic E-state index is 13.0. The fraction of sp³-hybridized carbons (Fsp3) is 0.208. The number of ether oxygens (including phenoxy) is 1. The topological polar surface area (TPSA) is 84.5 Å². The molecule has 3 aromatic carbocycles. The van der Waals surface area contributed by atoms with Gasteiger partial charge in [0.15, 0.2) is 0 Å². The van der Waals surface area contributed by atoms with Crippen LogP contribution in [0.15, 0.2) is 65.6 Å². The van der Waals surface area contributed by atoms with Crippen LogP contribution in [-0.4, -0.2) is 20.4 Å². The van der Waals surface area contributed by atoms with E-state index in [1.807, 2.05) is 39.8 Å². The highest BCUT2D eigenvalue weighted by molar-refractivity contribution is 7.92. The molecule has 0 saturated carbocycles. The van der Waals surface area contributed by atoms with Gasteiger partial charge >= 0.3 is 0 Å². The molecule has 0 spiro atoms. The highest BCUT2D eigenvalue weighted by Gasteiger charge is 2.21. The van der Waals surface area contributed by atoms with Crippen molar-refractivity contribution in [3.8, 4) is 5.75 Å². The van der Waals surface area contributed by atoms with Gasteiger partial charge < -0.3 is 10.1 Å². The van der Waals surface area contributed by atoms with E-state index >= 15 is 0 Å². The maximum absolute atomic E-state index is 13.0. The summed E-state index contributed by atoms with van der Waals surface area (Å²) in [5.41, 5.74) is 2.97. The van der Waals surface area contributed by atoms with Gasteiger partial charge in [-0.05, 0) is 81.8 Å². The maximum Gasteiger partial charge on any atom is 0.263 e. The molecule has 2 N–H and O–H groups in total. The Balaban J connectivity index is 1.82. The number of amides is 1. The van der Waals surface area contributed by atoms with Crippen LogP contribution in [0.2, 0.25) is 5.02 Å². The zero-order chi connectivity index (χ0) is 23.5. The number of anilines is 2. The van der Waals surface area contributed by atoms with E-state index in [4.69, 9.17) is 16.3 Å². The Kier molecular flexibility index (Phi) is 7.11. The third kappa shape index (κ3) is 5.81. The molecule has 0 fully saturated rings.